The molecule has 0 unspecified atom stereocenters. The second kappa shape index (κ2) is 9.61. The molecule has 2 aromatic heterocycles. The Morgan fingerprint density at radius 3 is 2.50 bits per heavy atom. The van der Waals surface area contributed by atoms with Crippen molar-refractivity contribution in [2.45, 2.75) is 13.8 Å². The Balaban J connectivity index is 1.84. The fraction of sp³-hybridized carbons (Fsp3) is 0.0769. The highest BCUT2D eigenvalue weighted by atomic mass is 35.5. The number of fused-ring (bicyclic) bond motifs is 1. The van der Waals surface area contributed by atoms with Gasteiger partial charge in [-0.2, -0.15) is 10.2 Å². The van der Waals surface area contributed by atoms with Crippen LogP contribution in [0.25, 0.3) is 11.7 Å². The third-order valence-corrected chi connectivity index (χ3v) is 5.38. The lowest BCUT2D eigenvalue weighted by Gasteiger charge is -2.12. The lowest BCUT2D eigenvalue weighted by Crippen LogP contribution is -2.21. The number of pyridine rings is 1. The Hall–Kier alpha value is -4.41. The molecule has 0 saturated heterocycles. The van der Waals surface area contributed by atoms with Crippen molar-refractivity contribution in [3.63, 3.8) is 0 Å². The molecule has 0 bridgehead atoms. The van der Waals surface area contributed by atoms with Crippen molar-refractivity contribution in [2.24, 2.45) is 0 Å². The molecule has 4 aromatic rings. The number of hydrogen-bond donors (Lipinski definition) is 1. The van der Waals surface area contributed by atoms with Crippen LogP contribution in [0.2, 0.25) is 5.02 Å². The molecule has 0 aliphatic carbocycles. The van der Waals surface area contributed by atoms with E-state index in [-0.39, 0.29) is 17.0 Å². The highest BCUT2D eigenvalue weighted by molar-refractivity contribution is 6.30. The van der Waals surface area contributed by atoms with Crippen LogP contribution in [0.4, 0.5) is 5.69 Å². The summed E-state index contributed by atoms with van der Waals surface area (Å²) in [6, 6.07) is 19.1. The Morgan fingerprint density at radius 2 is 1.79 bits per heavy atom. The summed E-state index contributed by atoms with van der Waals surface area (Å²) in [5.74, 6) is -0.284. The summed E-state index contributed by atoms with van der Waals surface area (Å²) in [6.45, 7) is 3.66. The molecular formula is C26H19ClN4O3. The average molecular weight is 471 g/mol. The number of aryl methyl sites for hydroxylation is 2. The fourth-order valence-corrected chi connectivity index (χ4v) is 3.43. The second-order valence-electron chi connectivity index (χ2n) is 7.52. The first kappa shape index (κ1) is 22.8. The molecule has 168 valence electrons. The summed E-state index contributed by atoms with van der Waals surface area (Å²) >= 11 is 5.96. The Bertz CT molecular complexity index is 1530. The van der Waals surface area contributed by atoms with Crippen molar-refractivity contribution in [3.8, 4) is 17.7 Å². The summed E-state index contributed by atoms with van der Waals surface area (Å²) in [4.78, 5) is 30.7. The number of nitriles is 1. The number of para-hydroxylation sites is 1. The number of amides is 1. The zero-order chi connectivity index (χ0) is 24.2. The normalized spacial score (nSPS) is 11.2. The molecule has 2 aromatic carbocycles. The molecule has 2 heterocycles. The van der Waals surface area contributed by atoms with Gasteiger partial charge in [-0.3, -0.25) is 14.0 Å². The van der Waals surface area contributed by atoms with E-state index >= 15 is 0 Å². The minimum absolute atomic E-state index is 0.0296. The molecule has 8 heteroatoms. The van der Waals surface area contributed by atoms with Crippen LogP contribution >= 0.6 is 11.6 Å². The van der Waals surface area contributed by atoms with Gasteiger partial charge in [-0.25, -0.2) is 0 Å². The van der Waals surface area contributed by atoms with Gasteiger partial charge in [-0.1, -0.05) is 35.9 Å². The number of nitrogens with zero attached hydrogens (tertiary/aromatic N) is 3. The third kappa shape index (κ3) is 4.68. The third-order valence-electron chi connectivity index (χ3n) is 5.12. The van der Waals surface area contributed by atoms with Gasteiger partial charge in [0.2, 0.25) is 5.88 Å². The number of aromatic nitrogens is 2. The van der Waals surface area contributed by atoms with Crippen LogP contribution in [-0.4, -0.2) is 15.3 Å². The van der Waals surface area contributed by atoms with E-state index in [0.717, 1.165) is 11.1 Å². The smallest absolute Gasteiger partial charge is 0.269 e. The van der Waals surface area contributed by atoms with E-state index in [9.17, 15) is 14.9 Å². The van der Waals surface area contributed by atoms with Gasteiger partial charge in [0.1, 0.15) is 28.6 Å². The molecule has 4 rings (SSSR count). The summed E-state index contributed by atoms with van der Waals surface area (Å²) in [6.07, 6.45) is 2.77. The second-order valence-corrected chi connectivity index (χ2v) is 7.95. The maximum Gasteiger partial charge on any atom is 0.269 e. The van der Waals surface area contributed by atoms with Crippen LogP contribution in [0.1, 0.15) is 16.7 Å². The zero-order valence-corrected chi connectivity index (χ0v) is 19.1. The number of ether oxygens (including phenoxy) is 1. The van der Waals surface area contributed by atoms with E-state index in [2.05, 4.69) is 10.3 Å². The molecule has 0 saturated carbocycles. The maximum atomic E-state index is 13.4. The number of halogens is 1. The van der Waals surface area contributed by atoms with Crippen LogP contribution in [0.15, 0.2) is 77.2 Å². The van der Waals surface area contributed by atoms with Gasteiger partial charge in [-0.15, -0.1) is 0 Å². The predicted octanol–water partition coefficient (Wildman–Crippen LogP) is 5.30. The van der Waals surface area contributed by atoms with Crippen molar-refractivity contribution in [3.05, 3.63) is 105 Å². The molecule has 1 N–H and O–H groups in total. The summed E-state index contributed by atoms with van der Waals surface area (Å²) in [7, 11) is 0. The average Bonchev–Trinajstić information content (AvgIpc) is 2.82. The molecule has 1 amide bonds. The molecule has 7 nitrogen and oxygen atoms in total. The van der Waals surface area contributed by atoms with Gasteiger partial charge in [0, 0.05) is 16.9 Å². The Kier molecular flexibility index (Phi) is 6.44. The van der Waals surface area contributed by atoms with Crippen LogP contribution in [0.3, 0.4) is 0 Å². The molecule has 0 atom stereocenters. The SMILES string of the molecule is Cc1ccccc1NC(=O)/C(C#N)=C\c1c(Oc2ccc(Cl)cc2)nc2c(C)cccn2c1=O. The quantitative estimate of drug-likeness (QED) is 0.315. The standard InChI is InChI=1S/C26H19ClN4O3/c1-16-6-3-4-8-22(16)29-24(32)18(15-28)14-21-25(34-20-11-9-19(27)10-12-20)30-23-17(2)7-5-13-31(23)26(21)33/h3-14H,1-2H3,(H,29,32)/b18-14-. The van der Waals surface area contributed by atoms with Crippen LogP contribution in [-0.2, 0) is 4.79 Å². The van der Waals surface area contributed by atoms with Crippen molar-refractivity contribution in [1.29, 1.82) is 5.26 Å². The molecule has 0 radical (unpaired) electrons. The van der Waals surface area contributed by atoms with Gasteiger partial charge >= 0.3 is 0 Å². The first-order chi connectivity index (χ1) is 16.4. The number of nitrogens with one attached hydrogen (secondary N) is 1. The Labute approximate surface area is 200 Å². The fourth-order valence-electron chi connectivity index (χ4n) is 3.30. The highest BCUT2D eigenvalue weighted by Gasteiger charge is 2.18. The Morgan fingerprint density at radius 1 is 1.09 bits per heavy atom. The van der Waals surface area contributed by atoms with Crippen LogP contribution < -0.4 is 15.6 Å². The number of benzene rings is 2. The van der Waals surface area contributed by atoms with E-state index in [0.29, 0.717) is 22.1 Å². The summed E-state index contributed by atoms with van der Waals surface area (Å²) < 4.78 is 7.25. The molecule has 0 spiro atoms. The predicted molar refractivity (Wildman–Crippen MR) is 131 cm³/mol. The van der Waals surface area contributed by atoms with Crippen molar-refractivity contribution in [1.82, 2.24) is 9.38 Å². The van der Waals surface area contributed by atoms with E-state index in [1.165, 1.54) is 10.5 Å². The van der Waals surface area contributed by atoms with Gasteiger partial charge < -0.3 is 10.1 Å². The number of anilines is 1. The molecular weight excluding hydrogens is 452 g/mol. The minimum Gasteiger partial charge on any atom is -0.438 e. The minimum atomic E-state index is -0.650. The van der Waals surface area contributed by atoms with E-state index < -0.39 is 11.5 Å². The van der Waals surface area contributed by atoms with Crippen molar-refractivity contribution >= 4 is 34.9 Å². The largest absolute Gasteiger partial charge is 0.438 e. The number of rotatable bonds is 5. The molecule has 34 heavy (non-hydrogen) atoms. The van der Waals surface area contributed by atoms with Gasteiger partial charge in [0.15, 0.2) is 0 Å². The maximum absolute atomic E-state index is 13.4. The van der Waals surface area contributed by atoms with Crippen molar-refractivity contribution in [2.75, 3.05) is 5.32 Å². The zero-order valence-electron chi connectivity index (χ0n) is 18.4. The van der Waals surface area contributed by atoms with Crippen LogP contribution in [0, 0.1) is 25.2 Å². The number of carbonyl (C=O) groups excluding carboxylic acids is 1. The lowest BCUT2D eigenvalue weighted by atomic mass is 10.1. The van der Waals surface area contributed by atoms with Gasteiger partial charge in [-0.05, 0) is 67.4 Å². The van der Waals surface area contributed by atoms with E-state index in [1.54, 1.807) is 48.7 Å². The summed E-state index contributed by atoms with van der Waals surface area (Å²) in [5, 5.41) is 12.9. The van der Waals surface area contributed by atoms with E-state index in [1.807, 2.05) is 38.1 Å². The highest BCUT2D eigenvalue weighted by Crippen LogP contribution is 2.26. The topological polar surface area (TPSA) is 96.5 Å². The molecule has 0 fully saturated rings. The van der Waals surface area contributed by atoms with Crippen molar-refractivity contribution < 1.29 is 9.53 Å². The first-order valence-electron chi connectivity index (χ1n) is 10.3. The number of hydrogen-bond acceptors (Lipinski definition) is 5. The molecule has 0 aliphatic heterocycles. The lowest BCUT2D eigenvalue weighted by molar-refractivity contribution is -0.112. The summed E-state index contributed by atoms with van der Waals surface area (Å²) in [5.41, 5.74) is 1.78. The van der Waals surface area contributed by atoms with E-state index in [4.69, 9.17) is 16.3 Å². The first-order valence-corrected chi connectivity index (χ1v) is 10.7. The van der Waals surface area contributed by atoms with Crippen LogP contribution in [0.5, 0.6) is 11.6 Å². The van der Waals surface area contributed by atoms with Gasteiger partial charge in [0.05, 0.1) is 0 Å². The monoisotopic (exact) mass is 470 g/mol. The van der Waals surface area contributed by atoms with Gasteiger partial charge in [0.25, 0.3) is 11.5 Å². The molecule has 0 aliphatic rings. The number of carbonyl (C=O) groups is 1.